The van der Waals surface area contributed by atoms with Crippen molar-refractivity contribution in [1.82, 2.24) is 4.90 Å². The second-order valence-corrected chi connectivity index (χ2v) is 5.63. The molecule has 1 aromatic carbocycles. The standard InChI is InChI=1S/C17H23N/c1-3-8-15(9-4-1)16-10-7-11-17(14-16)18-12-5-2-6-13-18/h1,3-4,8-10,17H,2,5-7,11-14H2. The Morgan fingerprint density at radius 2 is 1.72 bits per heavy atom. The van der Waals surface area contributed by atoms with E-state index in [2.05, 4.69) is 41.3 Å². The van der Waals surface area contributed by atoms with E-state index in [1.807, 2.05) is 0 Å². The van der Waals surface area contributed by atoms with Crippen molar-refractivity contribution in [1.29, 1.82) is 0 Å². The highest BCUT2D eigenvalue weighted by molar-refractivity contribution is 5.66. The summed E-state index contributed by atoms with van der Waals surface area (Å²) in [6, 6.07) is 11.7. The predicted octanol–water partition coefficient (Wildman–Crippen LogP) is 4.11. The molecule has 1 atom stereocenters. The molecular formula is C17H23N. The number of allylic oxidation sites excluding steroid dienone is 1. The fourth-order valence-electron chi connectivity index (χ4n) is 3.37. The second kappa shape index (κ2) is 5.71. The smallest absolute Gasteiger partial charge is 0.0139 e. The first-order valence-electron chi connectivity index (χ1n) is 7.42. The van der Waals surface area contributed by atoms with Crippen molar-refractivity contribution in [2.24, 2.45) is 0 Å². The minimum atomic E-state index is 0.797. The van der Waals surface area contributed by atoms with Crippen LogP contribution in [0.3, 0.4) is 0 Å². The van der Waals surface area contributed by atoms with Gasteiger partial charge in [-0.15, -0.1) is 0 Å². The maximum absolute atomic E-state index is 2.74. The predicted molar refractivity (Wildman–Crippen MR) is 77.5 cm³/mol. The Morgan fingerprint density at radius 3 is 2.50 bits per heavy atom. The van der Waals surface area contributed by atoms with Gasteiger partial charge in [0.05, 0.1) is 0 Å². The van der Waals surface area contributed by atoms with E-state index in [0.717, 1.165) is 6.04 Å². The molecule has 1 saturated heterocycles. The Morgan fingerprint density at radius 1 is 0.944 bits per heavy atom. The van der Waals surface area contributed by atoms with Crippen LogP contribution in [0.2, 0.25) is 0 Å². The number of nitrogens with zero attached hydrogens (tertiary/aromatic N) is 1. The van der Waals surface area contributed by atoms with Crippen molar-refractivity contribution >= 4 is 5.57 Å². The molecule has 0 aromatic heterocycles. The first-order valence-corrected chi connectivity index (χ1v) is 7.42. The molecule has 0 radical (unpaired) electrons. The molecule has 1 heterocycles. The lowest BCUT2D eigenvalue weighted by Gasteiger charge is -2.37. The topological polar surface area (TPSA) is 3.24 Å². The van der Waals surface area contributed by atoms with Gasteiger partial charge in [0.25, 0.3) is 0 Å². The number of rotatable bonds is 2. The fourth-order valence-corrected chi connectivity index (χ4v) is 3.37. The minimum absolute atomic E-state index is 0.797. The van der Waals surface area contributed by atoms with E-state index in [1.54, 1.807) is 5.57 Å². The summed E-state index contributed by atoms with van der Waals surface area (Å²) in [5.41, 5.74) is 3.00. The molecule has 0 bridgehead atoms. The summed E-state index contributed by atoms with van der Waals surface area (Å²) in [4.78, 5) is 2.74. The second-order valence-electron chi connectivity index (χ2n) is 5.63. The van der Waals surface area contributed by atoms with Crippen LogP contribution in [-0.2, 0) is 0 Å². The van der Waals surface area contributed by atoms with E-state index in [1.165, 1.54) is 57.2 Å². The van der Waals surface area contributed by atoms with Crippen LogP contribution >= 0.6 is 0 Å². The molecule has 1 nitrogen and oxygen atoms in total. The third-order valence-corrected chi connectivity index (χ3v) is 4.40. The Bertz CT molecular complexity index is 401. The molecule has 3 rings (SSSR count). The summed E-state index contributed by atoms with van der Waals surface area (Å²) >= 11 is 0. The average molecular weight is 241 g/mol. The number of benzene rings is 1. The molecule has 1 unspecified atom stereocenters. The molecule has 96 valence electrons. The quantitative estimate of drug-likeness (QED) is 0.753. The molecule has 0 amide bonds. The summed E-state index contributed by atoms with van der Waals surface area (Å²) < 4.78 is 0. The largest absolute Gasteiger partial charge is 0.300 e. The molecule has 1 aliphatic carbocycles. The first kappa shape index (κ1) is 12.0. The zero-order valence-electron chi connectivity index (χ0n) is 11.1. The van der Waals surface area contributed by atoms with Gasteiger partial charge in [0, 0.05) is 6.04 Å². The highest BCUT2D eigenvalue weighted by Gasteiger charge is 2.23. The Balaban J connectivity index is 1.69. The van der Waals surface area contributed by atoms with E-state index < -0.39 is 0 Å². The lowest BCUT2D eigenvalue weighted by atomic mass is 9.88. The van der Waals surface area contributed by atoms with Crippen LogP contribution in [0, 0.1) is 0 Å². The lowest BCUT2D eigenvalue weighted by Crippen LogP contribution is -2.40. The van der Waals surface area contributed by atoms with Crippen LogP contribution < -0.4 is 0 Å². The first-order chi connectivity index (χ1) is 8.93. The molecule has 0 N–H and O–H groups in total. The van der Waals surface area contributed by atoms with Gasteiger partial charge in [0.2, 0.25) is 0 Å². The van der Waals surface area contributed by atoms with Crippen LogP contribution in [0.4, 0.5) is 0 Å². The summed E-state index contributed by atoms with van der Waals surface area (Å²) in [7, 11) is 0. The monoisotopic (exact) mass is 241 g/mol. The minimum Gasteiger partial charge on any atom is -0.300 e. The Kier molecular flexibility index (Phi) is 3.80. The van der Waals surface area contributed by atoms with E-state index in [4.69, 9.17) is 0 Å². The lowest BCUT2D eigenvalue weighted by molar-refractivity contribution is 0.156. The zero-order chi connectivity index (χ0) is 12.2. The molecule has 1 aromatic rings. The van der Waals surface area contributed by atoms with Gasteiger partial charge in [-0.2, -0.15) is 0 Å². The number of likely N-dealkylation sites (tertiary alicyclic amines) is 1. The van der Waals surface area contributed by atoms with Gasteiger partial charge >= 0.3 is 0 Å². The van der Waals surface area contributed by atoms with Crippen molar-refractivity contribution in [3.63, 3.8) is 0 Å². The molecule has 0 saturated carbocycles. The van der Waals surface area contributed by atoms with Crippen LogP contribution in [0.25, 0.3) is 5.57 Å². The van der Waals surface area contributed by atoms with E-state index in [-0.39, 0.29) is 0 Å². The molecule has 2 aliphatic rings. The Hall–Kier alpha value is -1.08. The SMILES string of the molecule is C1=C(c2ccccc2)CC(N2CCCCC2)CC1. The third-order valence-electron chi connectivity index (χ3n) is 4.40. The zero-order valence-corrected chi connectivity index (χ0v) is 11.1. The van der Waals surface area contributed by atoms with Crippen molar-refractivity contribution in [3.05, 3.63) is 42.0 Å². The van der Waals surface area contributed by atoms with Gasteiger partial charge in [0.15, 0.2) is 0 Å². The van der Waals surface area contributed by atoms with Gasteiger partial charge in [-0.25, -0.2) is 0 Å². The highest BCUT2D eigenvalue weighted by Crippen LogP contribution is 2.30. The molecular weight excluding hydrogens is 218 g/mol. The van der Waals surface area contributed by atoms with Gasteiger partial charge in [-0.05, 0) is 56.3 Å². The van der Waals surface area contributed by atoms with Gasteiger partial charge < -0.3 is 4.90 Å². The van der Waals surface area contributed by atoms with Crippen molar-refractivity contribution in [2.75, 3.05) is 13.1 Å². The third kappa shape index (κ3) is 2.67. The van der Waals surface area contributed by atoms with E-state index >= 15 is 0 Å². The highest BCUT2D eigenvalue weighted by atomic mass is 15.2. The summed E-state index contributed by atoms with van der Waals surface area (Å²) in [6.45, 7) is 2.65. The maximum Gasteiger partial charge on any atom is 0.0139 e. The number of hydrogen-bond donors (Lipinski definition) is 0. The molecule has 0 spiro atoms. The average Bonchev–Trinajstić information content (AvgIpc) is 2.49. The normalized spacial score (nSPS) is 25.8. The Labute approximate surface area is 111 Å². The van der Waals surface area contributed by atoms with Gasteiger partial charge in [0.1, 0.15) is 0 Å². The number of piperidine rings is 1. The maximum atomic E-state index is 2.74. The van der Waals surface area contributed by atoms with Crippen LogP contribution in [0.15, 0.2) is 36.4 Å². The van der Waals surface area contributed by atoms with Crippen LogP contribution in [-0.4, -0.2) is 24.0 Å². The van der Waals surface area contributed by atoms with Crippen LogP contribution in [0.5, 0.6) is 0 Å². The molecule has 18 heavy (non-hydrogen) atoms. The summed E-state index contributed by atoms with van der Waals surface area (Å²) in [5.74, 6) is 0. The van der Waals surface area contributed by atoms with E-state index in [9.17, 15) is 0 Å². The summed E-state index contributed by atoms with van der Waals surface area (Å²) in [5, 5.41) is 0. The summed E-state index contributed by atoms with van der Waals surface area (Å²) in [6.07, 6.45) is 10.6. The van der Waals surface area contributed by atoms with Crippen molar-refractivity contribution in [3.8, 4) is 0 Å². The van der Waals surface area contributed by atoms with E-state index in [0.29, 0.717) is 0 Å². The van der Waals surface area contributed by atoms with Gasteiger partial charge in [-0.1, -0.05) is 42.8 Å². The molecule has 1 aliphatic heterocycles. The van der Waals surface area contributed by atoms with Crippen molar-refractivity contribution < 1.29 is 0 Å². The molecule has 1 fully saturated rings. The number of hydrogen-bond acceptors (Lipinski definition) is 1. The van der Waals surface area contributed by atoms with Gasteiger partial charge in [-0.3, -0.25) is 0 Å². The molecule has 1 heteroatoms. The van der Waals surface area contributed by atoms with Crippen molar-refractivity contribution in [2.45, 2.75) is 44.6 Å². The van der Waals surface area contributed by atoms with Crippen LogP contribution in [0.1, 0.15) is 44.1 Å². The fraction of sp³-hybridized carbons (Fsp3) is 0.529.